The van der Waals surface area contributed by atoms with Gasteiger partial charge in [0.25, 0.3) is 5.91 Å². The van der Waals surface area contributed by atoms with Crippen LogP contribution in [0, 0.1) is 0 Å². The van der Waals surface area contributed by atoms with Crippen LogP contribution in [-0.4, -0.2) is 39.9 Å². The van der Waals surface area contributed by atoms with E-state index in [1.165, 1.54) is 0 Å². The van der Waals surface area contributed by atoms with Crippen LogP contribution in [0.4, 0.5) is 5.82 Å². The van der Waals surface area contributed by atoms with Gasteiger partial charge in [0.15, 0.2) is 5.82 Å². The topological polar surface area (TPSA) is 58.1 Å². The lowest BCUT2D eigenvalue weighted by molar-refractivity contribution is 0.0787. The van der Waals surface area contributed by atoms with E-state index in [1.54, 1.807) is 6.07 Å². The number of rotatable bonds is 5. The number of nitrogens with zero attached hydrogens (tertiary/aromatic N) is 3. The van der Waals surface area contributed by atoms with Crippen molar-refractivity contribution >= 4 is 11.7 Å². The Kier molecular flexibility index (Phi) is 5.08. The Morgan fingerprint density at radius 1 is 1.21 bits per heavy atom. The first-order chi connectivity index (χ1) is 11.7. The number of aromatic nitrogens is 2. The van der Waals surface area contributed by atoms with E-state index in [9.17, 15) is 4.79 Å². The summed E-state index contributed by atoms with van der Waals surface area (Å²) in [7, 11) is 0. The van der Waals surface area contributed by atoms with Crippen molar-refractivity contribution in [1.29, 1.82) is 0 Å². The van der Waals surface area contributed by atoms with Gasteiger partial charge in [0.1, 0.15) is 11.5 Å². The fourth-order valence-corrected chi connectivity index (χ4v) is 2.78. The first kappa shape index (κ1) is 16.4. The summed E-state index contributed by atoms with van der Waals surface area (Å²) in [5.41, 5.74) is 1.39. The monoisotopic (exact) mass is 324 g/mol. The summed E-state index contributed by atoms with van der Waals surface area (Å²) in [6, 6.07) is 11.9. The number of anilines is 1. The van der Waals surface area contributed by atoms with E-state index in [0.29, 0.717) is 23.4 Å². The highest BCUT2D eigenvalue weighted by molar-refractivity contribution is 5.93. The van der Waals surface area contributed by atoms with Gasteiger partial charge in [-0.1, -0.05) is 37.3 Å². The molecule has 5 nitrogen and oxygen atoms in total. The van der Waals surface area contributed by atoms with Crippen LogP contribution in [0.15, 0.2) is 36.4 Å². The van der Waals surface area contributed by atoms with Gasteiger partial charge in [-0.25, -0.2) is 9.97 Å². The van der Waals surface area contributed by atoms with Gasteiger partial charge in [-0.3, -0.25) is 4.79 Å². The Balaban J connectivity index is 1.97. The molecule has 24 heavy (non-hydrogen) atoms. The number of nitrogens with one attached hydrogen (secondary N) is 1. The van der Waals surface area contributed by atoms with Crippen molar-refractivity contribution in [3.8, 4) is 11.4 Å². The molecule has 1 amide bonds. The third kappa shape index (κ3) is 3.72. The third-order valence-corrected chi connectivity index (χ3v) is 4.38. The van der Waals surface area contributed by atoms with Crippen molar-refractivity contribution in [1.82, 2.24) is 14.9 Å². The van der Waals surface area contributed by atoms with Crippen molar-refractivity contribution in [2.24, 2.45) is 0 Å². The number of amides is 1. The highest BCUT2D eigenvalue weighted by Crippen LogP contribution is 2.20. The second kappa shape index (κ2) is 7.43. The minimum absolute atomic E-state index is 0.000664. The van der Waals surface area contributed by atoms with Crippen molar-refractivity contribution in [3.63, 3.8) is 0 Å². The van der Waals surface area contributed by atoms with Crippen molar-refractivity contribution in [2.75, 3.05) is 18.4 Å². The summed E-state index contributed by atoms with van der Waals surface area (Å²) in [5.74, 6) is 1.30. The molecule has 5 heteroatoms. The lowest BCUT2D eigenvalue weighted by atomic mass is 10.2. The third-order valence-electron chi connectivity index (χ3n) is 4.38. The molecule has 2 heterocycles. The molecule has 0 bridgehead atoms. The summed E-state index contributed by atoms with van der Waals surface area (Å²) in [4.78, 5) is 23.8. The van der Waals surface area contributed by atoms with Crippen molar-refractivity contribution in [3.05, 3.63) is 42.1 Å². The molecule has 2 aromatic rings. The molecule has 0 saturated carbocycles. The average molecular weight is 324 g/mol. The number of carbonyl (C=O) groups is 1. The average Bonchev–Trinajstić information content (AvgIpc) is 3.16. The molecule has 1 aliphatic heterocycles. The first-order valence-corrected chi connectivity index (χ1v) is 8.67. The van der Waals surface area contributed by atoms with Gasteiger partial charge < -0.3 is 10.2 Å². The van der Waals surface area contributed by atoms with Crippen LogP contribution in [-0.2, 0) is 0 Å². The lowest BCUT2D eigenvalue weighted by Gasteiger charge is -2.17. The summed E-state index contributed by atoms with van der Waals surface area (Å²) in [6.07, 6.45) is 3.13. The Morgan fingerprint density at radius 3 is 2.58 bits per heavy atom. The second-order valence-corrected chi connectivity index (χ2v) is 6.28. The largest absolute Gasteiger partial charge is 0.367 e. The van der Waals surface area contributed by atoms with E-state index < -0.39 is 0 Å². The minimum atomic E-state index is -0.000664. The van der Waals surface area contributed by atoms with E-state index >= 15 is 0 Å². The summed E-state index contributed by atoms with van der Waals surface area (Å²) in [5, 5.41) is 3.37. The molecule has 0 radical (unpaired) electrons. The summed E-state index contributed by atoms with van der Waals surface area (Å²) < 4.78 is 0. The van der Waals surface area contributed by atoms with E-state index in [1.807, 2.05) is 35.2 Å². The molecule has 0 aliphatic carbocycles. The van der Waals surface area contributed by atoms with Crippen LogP contribution in [0.5, 0.6) is 0 Å². The number of hydrogen-bond acceptors (Lipinski definition) is 4. The van der Waals surface area contributed by atoms with Crippen LogP contribution in [0.3, 0.4) is 0 Å². The number of benzene rings is 1. The van der Waals surface area contributed by atoms with Crippen LogP contribution >= 0.6 is 0 Å². The highest BCUT2D eigenvalue weighted by Gasteiger charge is 2.22. The van der Waals surface area contributed by atoms with Crippen LogP contribution in [0.25, 0.3) is 11.4 Å². The lowest BCUT2D eigenvalue weighted by Crippen LogP contribution is -2.29. The van der Waals surface area contributed by atoms with Gasteiger partial charge in [0.05, 0.1) is 0 Å². The Hall–Kier alpha value is -2.43. The smallest absolute Gasteiger partial charge is 0.272 e. The van der Waals surface area contributed by atoms with Crippen LogP contribution < -0.4 is 5.32 Å². The zero-order valence-corrected chi connectivity index (χ0v) is 14.3. The zero-order valence-electron chi connectivity index (χ0n) is 14.3. The van der Waals surface area contributed by atoms with E-state index in [2.05, 4.69) is 29.1 Å². The van der Waals surface area contributed by atoms with Crippen molar-refractivity contribution in [2.45, 2.75) is 39.2 Å². The molecule has 1 aromatic carbocycles. The first-order valence-electron chi connectivity index (χ1n) is 8.67. The predicted molar refractivity (Wildman–Crippen MR) is 96.0 cm³/mol. The molecule has 3 rings (SSSR count). The number of hydrogen-bond donors (Lipinski definition) is 1. The Morgan fingerprint density at radius 2 is 1.92 bits per heavy atom. The quantitative estimate of drug-likeness (QED) is 0.913. The van der Waals surface area contributed by atoms with Gasteiger partial charge in [0, 0.05) is 30.8 Å². The normalized spacial score (nSPS) is 15.3. The fraction of sp³-hybridized carbons (Fsp3) is 0.421. The molecular weight excluding hydrogens is 300 g/mol. The maximum Gasteiger partial charge on any atom is 0.272 e. The SMILES string of the molecule is CCC(C)Nc1cc(C(=O)N2CCCC2)nc(-c2ccccc2)n1. The van der Waals surface area contributed by atoms with Crippen LogP contribution in [0.1, 0.15) is 43.6 Å². The van der Waals surface area contributed by atoms with Gasteiger partial charge in [-0.15, -0.1) is 0 Å². The van der Waals surface area contributed by atoms with Gasteiger partial charge >= 0.3 is 0 Å². The van der Waals surface area contributed by atoms with Crippen molar-refractivity contribution < 1.29 is 4.79 Å². The van der Waals surface area contributed by atoms with Gasteiger partial charge in [0.2, 0.25) is 0 Å². The van der Waals surface area contributed by atoms with E-state index in [-0.39, 0.29) is 5.91 Å². The molecule has 1 unspecified atom stereocenters. The Labute approximate surface area is 143 Å². The molecule has 1 saturated heterocycles. The second-order valence-electron chi connectivity index (χ2n) is 6.28. The highest BCUT2D eigenvalue weighted by atomic mass is 16.2. The number of carbonyl (C=O) groups excluding carboxylic acids is 1. The van der Waals surface area contributed by atoms with Crippen LogP contribution in [0.2, 0.25) is 0 Å². The minimum Gasteiger partial charge on any atom is -0.367 e. The molecule has 1 fully saturated rings. The molecular formula is C19H24N4O. The predicted octanol–water partition coefficient (Wildman–Crippen LogP) is 3.59. The summed E-state index contributed by atoms with van der Waals surface area (Å²) in [6.45, 7) is 5.86. The molecule has 126 valence electrons. The van der Waals surface area contributed by atoms with Gasteiger partial charge in [-0.05, 0) is 26.2 Å². The molecule has 1 atom stereocenters. The zero-order chi connectivity index (χ0) is 16.9. The molecule has 1 N–H and O–H groups in total. The maximum atomic E-state index is 12.7. The fourth-order valence-electron chi connectivity index (χ4n) is 2.78. The Bertz CT molecular complexity index is 696. The molecule has 0 spiro atoms. The number of likely N-dealkylation sites (tertiary alicyclic amines) is 1. The molecule has 1 aromatic heterocycles. The molecule has 1 aliphatic rings. The maximum absolute atomic E-state index is 12.7. The summed E-state index contributed by atoms with van der Waals surface area (Å²) >= 11 is 0. The van der Waals surface area contributed by atoms with E-state index in [0.717, 1.165) is 37.9 Å². The van der Waals surface area contributed by atoms with Gasteiger partial charge in [-0.2, -0.15) is 0 Å². The van der Waals surface area contributed by atoms with E-state index in [4.69, 9.17) is 0 Å². The standard InChI is InChI=1S/C19H24N4O/c1-3-14(2)20-17-13-16(19(24)23-11-7-8-12-23)21-18(22-17)15-9-5-4-6-10-15/h4-6,9-10,13-14H,3,7-8,11-12H2,1-2H3,(H,20,21,22).